The van der Waals surface area contributed by atoms with Crippen LogP contribution in [-0.4, -0.2) is 20.8 Å². The van der Waals surface area contributed by atoms with Gasteiger partial charge in [-0.25, -0.2) is 0 Å². The molecule has 0 heterocycles. The quantitative estimate of drug-likeness (QED) is 0.840. The zero-order chi connectivity index (χ0) is 10.6. The number of hydrogen-bond donors (Lipinski definition) is 1. The third-order valence-corrected chi connectivity index (χ3v) is 2.69. The molecule has 2 N–H and O–H groups in total. The number of ether oxygens (including phenoxy) is 2. The van der Waals surface area contributed by atoms with E-state index in [9.17, 15) is 0 Å². The first kappa shape index (κ1) is 11.7. The van der Waals surface area contributed by atoms with E-state index in [4.69, 9.17) is 15.2 Å². The van der Waals surface area contributed by atoms with E-state index in [2.05, 4.69) is 15.9 Å². The molecule has 78 valence electrons. The van der Waals surface area contributed by atoms with Crippen molar-refractivity contribution in [2.75, 3.05) is 20.8 Å². The first-order chi connectivity index (χ1) is 6.68. The van der Waals surface area contributed by atoms with Crippen LogP contribution in [0.5, 0.6) is 0 Å². The predicted molar refractivity (Wildman–Crippen MR) is 58.9 cm³/mol. The number of benzene rings is 1. The Hall–Kier alpha value is -0.420. The number of rotatable bonds is 4. The number of methoxy groups -OCH3 is 2. The largest absolute Gasteiger partial charge is 0.348 e. The summed E-state index contributed by atoms with van der Waals surface area (Å²) in [7, 11) is 3.16. The van der Waals surface area contributed by atoms with Crippen LogP contribution in [0.2, 0.25) is 0 Å². The maximum absolute atomic E-state index is 5.65. The number of halogens is 1. The van der Waals surface area contributed by atoms with Crippen molar-refractivity contribution in [2.45, 2.75) is 5.79 Å². The summed E-state index contributed by atoms with van der Waals surface area (Å²) in [6.45, 7) is 0.274. The third-order valence-electron chi connectivity index (χ3n) is 2.19. The fourth-order valence-corrected chi connectivity index (χ4v) is 1.73. The maximum atomic E-state index is 5.65. The molecule has 0 aliphatic heterocycles. The van der Waals surface area contributed by atoms with Crippen LogP contribution in [0, 0.1) is 0 Å². The average molecular weight is 260 g/mol. The van der Waals surface area contributed by atoms with Gasteiger partial charge in [-0.1, -0.05) is 28.1 Å². The minimum atomic E-state index is -0.843. The normalized spacial score (nSPS) is 11.7. The molecule has 0 saturated carbocycles. The minimum Gasteiger partial charge on any atom is -0.348 e. The Morgan fingerprint density at radius 1 is 1.36 bits per heavy atom. The summed E-state index contributed by atoms with van der Waals surface area (Å²) in [5.41, 5.74) is 6.55. The lowest BCUT2D eigenvalue weighted by Crippen LogP contribution is -2.38. The highest BCUT2D eigenvalue weighted by Crippen LogP contribution is 2.26. The van der Waals surface area contributed by atoms with Crippen LogP contribution in [0.25, 0.3) is 0 Å². The molecule has 0 amide bonds. The van der Waals surface area contributed by atoms with Crippen LogP contribution in [0.4, 0.5) is 0 Å². The predicted octanol–water partition coefficient (Wildman–Crippen LogP) is 1.85. The zero-order valence-corrected chi connectivity index (χ0v) is 9.87. The smallest absolute Gasteiger partial charge is 0.207 e. The van der Waals surface area contributed by atoms with Crippen molar-refractivity contribution in [3.63, 3.8) is 0 Å². The fraction of sp³-hybridized carbons (Fsp3) is 0.400. The van der Waals surface area contributed by atoms with Gasteiger partial charge in [-0.3, -0.25) is 0 Å². The molecule has 0 atom stereocenters. The third kappa shape index (κ3) is 2.15. The molecule has 1 aromatic carbocycles. The molecule has 0 aromatic heterocycles. The molecule has 0 bridgehead atoms. The van der Waals surface area contributed by atoms with E-state index in [-0.39, 0.29) is 6.54 Å². The van der Waals surface area contributed by atoms with Gasteiger partial charge in [-0.15, -0.1) is 0 Å². The van der Waals surface area contributed by atoms with Crippen LogP contribution >= 0.6 is 15.9 Å². The Labute approximate surface area is 92.3 Å². The summed E-state index contributed by atoms with van der Waals surface area (Å²) in [5.74, 6) is -0.843. The standard InChI is InChI=1S/C10H14BrNO2/c1-13-10(7-12,14-2)8-4-3-5-9(11)6-8/h3-6H,7,12H2,1-2H3. The second kappa shape index (κ2) is 4.89. The van der Waals surface area contributed by atoms with Gasteiger partial charge in [-0.05, 0) is 12.1 Å². The summed E-state index contributed by atoms with van der Waals surface area (Å²) in [5, 5.41) is 0. The second-order valence-corrected chi connectivity index (χ2v) is 3.79. The Kier molecular flexibility index (Phi) is 4.07. The summed E-state index contributed by atoms with van der Waals surface area (Å²) >= 11 is 3.39. The van der Waals surface area contributed by atoms with Crippen molar-refractivity contribution in [2.24, 2.45) is 5.73 Å². The Bertz CT molecular complexity index is 292. The molecule has 4 heteroatoms. The number of hydrogen-bond acceptors (Lipinski definition) is 3. The van der Waals surface area contributed by atoms with E-state index in [0.29, 0.717) is 0 Å². The van der Waals surface area contributed by atoms with E-state index in [1.807, 2.05) is 24.3 Å². The molecule has 0 saturated heterocycles. The molecule has 0 radical (unpaired) electrons. The Morgan fingerprint density at radius 3 is 2.43 bits per heavy atom. The molecule has 1 rings (SSSR count). The van der Waals surface area contributed by atoms with Gasteiger partial charge in [0.1, 0.15) is 0 Å². The van der Waals surface area contributed by atoms with Crippen LogP contribution in [0.3, 0.4) is 0 Å². The molecular formula is C10H14BrNO2. The summed E-state index contributed by atoms with van der Waals surface area (Å²) < 4.78 is 11.6. The van der Waals surface area contributed by atoms with Crippen LogP contribution < -0.4 is 5.73 Å². The van der Waals surface area contributed by atoms with Crippen LogP contribution in [0.1, 0.15) is 5.56 Å². The van der Waals surface area contributed by atoms with Gasteiger partial charge in [0.15, 0.2) is 0 Å². The lowest BCUT2D eigenvalue weighted by Gasteiger charge is -2.29. The monoisotopic (exact) mass is 259 g/mol. The van der Waals surface area contributed by atoms with Gasteiger partial charge >= 0.3 is 0 Å². The average Bonchev–Trinajstić information content (AvgIpc) is 2.22. The van der Waals surface area contributed by atoms with E-state index in [0.717, 1.165) is 10.0 Å². The molecule has 0 aliphatic rings. The molecule has 0 spiro atoms. The molecule has 1 aromatic rings. The van der Waals surface area contributed by atoms with Gasteiger partial charge in [0, 0.05) is 24.3 Å². The van der Waals surface area contributed by atoms with Crippen molar-refractivity contribution in [1.82, 2.24) is 0 Å². The molecule has 0 fully saturated rings. The lowest BCUT2D eigenvalue weighted by atomic mass is 10.1. The first-order valence-electron chi connectivity index (χ1n) is 4.25. The van der Waals surface area contributed by atoms with Gasteiger partial charge in [0.25, 0.3) is 0 Å². The summed E-state index contributed by atoms with van der Waals surface area (Å²) in [4.78, 5) is 0. The lowest BCUT2D eigenvalue weighted by molar-refractivity contribution is -0.207. The Balaban J connectivity index is 3.10. The van der Waals surface area contributed by atoms with Gasteiger partial charge in [0.05, 0.1) is 6.54 Å². The molecule has 3 nitrogen and oxygen atoms in total. The van der Waals surface area contributed by atoms with Crippen LogP contribution in [0.15, 0.2) is 28.7 Å². The van der Waals surface area contributed by atoms with Gasteiger partial charge in [0.2, 0.25) is 5.79 Å². The van der Waals surface area contributed by atoms with Crippen molar-refractivity contribution >= 4 is 15.9 Å². The van der Waals surface area contributed by atoms with E-state index in [1.165, 1.54) is 0 Å². The van der Waals surface area contributed by atoms with Crippen molar-refractivity contribution in [1.29, 1.82) is 0 Å². The van der Waals surface area contributed by atoms with Gasteiger partial charge in [-0.2, -0.15) is 0 Å². The van der Waals surface area contributed by atoms with Crippen molar-refractivity contribution in [3.8, 4) is 0 Å². The highest BCUT2D eigenvalue weighted by molar-refractivity contribution is 9.10. The zero-order valence-electron chi connectivity index (χ0n) is 8.29. The molecule has 14 heavy (non-hydrogen) atoms. The van der Waals surface area contributed by atoms with Crippen molar-refractivity contribution in [3.05, 3.63) is 34.3 Å². The fourth-order valence-electron chi connectivity index (χ4n) is 1.33. The second-order valence-electron chi connectivity index (χ2n) is 2.88. The number of nitrogens with two attached hydrogens (primary N) is 1. The van der Waals surface area contributed by atoms with E-state index < -0.39 is 5.79 Å². The van der Waals surface area contributed by atoms with Crippen LogP contribution in [-0.2, 0) is 15.3 Å². The molecule has 0 aliphatic carbocycles. The van der Waals surface area contributed by atoms with E-state index in [1.54, 1.807) is 14.2 Å². The summed E-state index contributed by atoms with van der Waals surface area (Å²) in [6.07, 6.45) is 0. The molecule has 0 unspecified atom stereocenters. The summed E-state index contributed by atoms with van der Waals surface area (Å²) in [6, 6.07) is 7.71. The minimum absolute atomic E-state index is 0.274. The maximum Gasteiger partial charge on any atom is 0.207 e. The Morgan fingerprint density at radius 2 is 2.00 bits per heavy atom. The SMILES string of the molecule is COC(CN)(OC)c1cccc(Br)c1. The van der Waals surface area contributed by atoms with Crippen molar-refractivity contribution < 1.29 is 9.47 Å². The highest BCUT2D eigenvalue weighted by Gasteiger charge is 2.30. The van der Waals surface area contributed by atoms with Gasteiger partial charge < -0.3 is 15.2 Å². The first-order valence-corrected chi connectivity index (χ1v) is 5.04. The van der Waals surface area contributed by atoms with E-state index >= 15 is 0 Å². The topological polar surface area (TPSA) is 44.5 Å². The molecular weight excluding hydrogens is 246 g/mol. The highest BCUT2D eigenvalue weighted by atomic mass is 79.9.